The molecule has 1 unspecified atom stereocenters. The third-order valence-corrected chi connectivity index (χ3v) is 3.48. The molecule has 0 aliphatic carbocycles. The highest BCUT2D eigenvalue weighted by Gasteiger charge is 2.16. The minimum atomic E-state index is 0.456. The minimum Gasteiger partial charge on any atom is -0.396 e. The van der Waals surface area contributed by atoms with Crippen LogP contribution in [0.4, 0.5) is 11.5 Å². The second-order valence-corrected chi connectivity index (χ2v) is 4.63. The molecule has 78 valence electrons. The summed E-state index contributed by atoms with van der Waals surface area (Å²) < 4.78 is 0. The van der Waals surface area contributed by atoms with Crippen LogP contribution in [-0.2, 0) is 0 Å². The van der Waals surface area contributed by atoms with E-state index >= 15 is 0 Å². The smallest absolute Gasteiger partial charge is 0.149 e. The van der Waals surface area contributed by atoms with Gasteiger partial charge in [-0.1, -0.05) is 0 Å². The monoisotopic (exact) mass is 220 g/mol. The summed E-state index contributed by atoms with van der Waals surface area (Å²) >= 11 is 1.93. The van der Waals surface area contributed by atoms with Crippen LogP contribution in [0.25, 0.3) is 0 Å². The number of aromatic nitrogens is 1. The lowest BCUT2D eigenvalue weighted by Gasteiger charge is -2.13. The van der Waals surface area contributed by atoms with E-state index in [9.17, 15) is 0 Å². The van der Waals surface area contributed by atoms with E-state index in [1.54, 1.807) is 12.3 Å². The Labute approximate surface area is 92.9 Å². The van der Waals surface area contributed by atoms with Gasteiger partial charge in [0.1, 0.15) is 11.9 Å². The van der Waals surface area contributed by atoms with Gasteiger partial charge in [0.05, 0.1) is 11.3 Å². The van der Waals surface area contributed by atoms with Gasteiger partial charge in [-0.25, -0.2) is 4.98 Å². The fourth-order valence-electron chi connectivity index (χ4n) is 1.51. The van der Waals surface area contributed by atoms with Gasteiger partial charge in [0.15, 0.2) is 0 Å². The second-order valence-electron chi connectivity index (χ2n) is 3.48. The number of nitrogen functional groups attached to an aromatic ring is 1. The van der Waals surface area contributed by atoms with Crippen molar-refractivity contribution in [3.63, 3.8) is 0 Å². The maximum Gasteiger partial charge on any atom is 0.149 e. The quantitative estimate of drug-likeness (QED) is 0.789. The van der Waals surface area contributed by atoms with Crippen molar-refractivity contribution in [1.29, 1.82) is 5.26 Å². The number of nitrogens with one attached hydrogen (secondary N) is 1. The third kappa shape index (κ3) is 2.34. The van der Waals surface area contributed by atoms with Gasteiger partial charge in [-0.15, -0.1) is 0 Å². The van der Waals surface area contributed by atoms with Crippen LogP contribution in [-0.4, -0.2) is 22.5 Å². The third-order valence-electron chi connectivity index (χ3n) is 2.32. The molecule has 5 heteroatoms. The van der Waals surface area contributed by atoms with Crippen molar-refractivity contribution in [3.05, 3.63) is 17.8 Å². The Hall–Kier alpha value is -1.41. The van der Waals surface area contributed by atoms with Gasteiger partial charge < -0.3 is 11.1 Å². The number of nitriles is 1. The first-order valence-corrected chi connectivity index (χ1v) is 5.95. The van der Waals surface area contributed by atoms with E-state index in [1.807, 2.05) is 17.8 Å². The van der Waals surface area contributed by atoms with Crippen molar-refractivity contribution in [2.75, 3.05) is 22.6 Å². The lowest BCUT2D eigenvalue weighted by atomic mass is 10.2. The van der Waals surface area contributed by atoms with Crippen LogP contribution < -0.4 is 11.1 Å². The van der Waals surface area contributed by atoms with Crippen LogP contribution in [0.15, 0.2) is 12.3 Å². The Morgan fingerprint density at radius 2 is 2.53 bits per heavy atom. The fraction of sp³-hybridized carbons (Fsp3) is 0.400. The zero-order chi connectivity index (χ0) is 10.7. The second kappa shape index (κ2) is 4.41. The molecule has 1 aromatic heterocycles. The predicted molar refractivity (Wildman–Crippen MR) is 62.7 cm³/mol. The first-order valence-electron chi connectivity index (χ1n) is 4.79. The zero-order valence-electron chi connectivity index (χ0n) is 8.23. The summed E-state index contributed by atoms with van der Waals surface area (Å²) in [6, 6.07) is 4.12. The van der Waals surface area contributed by atoms with Crippen LogP contribution >= 0.6 is 11.8 Å². The summed E-state index contributed by atoms with van der Waals surface area (Å²) in [5.41, 5.74) is 6.84. The Balaban J connectivity index is 2.11. The number of nitrogens with two attached hydrogens (primary N) is 1. The highest BCUT2D eigenvalue weighted by molar-refractivity contribution is 7.99. The molecule has 1 fully saturated rings. The van der Waals surface area contributed by atoms with Crippen LogP contribution in [0.1, 0.15) is 12.0 Å². The van der Waals surface area contributed by atoms with Gasteiger partial charge in [-0.3, -0.25) is 0 Å². The van der Waals surface area contributed by atoms with E-state index in [4.69, 9.17) is 11.0 Å². The van der Waals surface area contributed by atoms with Gasteiger partial charge >= 0.3 is 0 Å². The summed E-state index contributed by atoms with van der Waals surface area (Å²) in [4.78, 5) is 4.14. The van der Waals surface area contributed by atoms with E-state index in [0.717, 1.165) is 12.2 Å². The molecule has 0 spiro atoms. The maximum absolute atomic E-state index is 8.67. The molecule has 15 heavy (non-hydrogen) atoms. The molecule has 0 aromatic carbocycles. The van der Waals surface area contributed by atoms with Gasteiger partial charge in [-0.05, 0) is 18.2 Å². The molecule has 1 atom stereocenters. The molecule has 0 radical (unpaired) electrons. The minimum absolute atomic E-state index is 0.456. The Morgan fingerprint density at radius 3 is 3.13 bits per heavy atom. The summed E-state index contributed by atoms with van der Waals surface area (Å²) in [6.07, 6.45) is 2.69. The molecule has 1 aliphatic rings. The van der Waals surface area contributed by atoms with Gasteiger partial charge in [-0.2, -0.15) is 17.0 Å². The number of rotatable bonds is 2. The van der Waals surface area contributed by atoms with Crippen molar-refractivity contribution >= 4 is 23.3 Å². The summed E-state index contributed by atoms with van der Waals surface area (Å²) in [7, 11) is 0. The van der Waals surface area contributed by atoms with Crippen LogP contribution in [0, 0.1) is 11.3 Å². The van der Waals surface area contributed by atoms with Gasteiger partial charge in [0.2, 0.25) is 0 Å². The average Bonchev–Trinajstić information content (AvgIpc) is 2.74. The van der Waals surface area contributed by atoms with Gasteiger partial charge in [0.25, 0.3) is 0 Å². The predicted octanol–water partition coefficient (Wildman–Crippen LogP) is 1.45. The molecule has 1 aliphatic heterocycles. The molecule has 1 aromatic rings. The number of hydrogen-bond donors (Lipinski definition) is 2. The molecule has 0 saturated carbocycles. The number of anilines is 2. The van der Waals surface area contributed by atoms with Crippen LogP contribution in [0.3, 0.4) is 0 Å². The molecule has 2 rings (SSSR count). The number of pyridine rings is 1. The number of thioether (sulfide) groups is 1. The van der Waals surface area contributed by atoms with Crippen molar-refractivity contribution in [2.24, 2.45) is 0 Å². The molecule has 4 nitrogen and oxygen atoms in total. The number of hydrogen-bond acceptors (Lipinski definition) is 5. The van der Waals surface area contributed by atoms with E-state index in [0.29, 0.717) is 23.1 Å². The van der Waals surface area contributed by atoms with Crippen molar-refractivity contribution in [1.82, 2.24) is 4.98 Å². The lowest BCUT2D eigenvalue weighted by molar-refractivity contribution is 0.807. The SMILES string of the molecule is N#Cc1cnc(NC2CCSC2)c(N)c1. The molecule has 0 bridgehead atoms. The highest BCUT2D eigenvalue weighted by Crippen LogP contribution is 2.23. The van der Waals surface area contributed by atoms with E-state index in [2.05, 4.69) is 10.3 Å². The fourth-order valence-corrected chi connectivity index (χ4v) is 2.66. The van der Waals surface area contributed by atoms with Crippen LogP contribution in [0.5, 0.6) is 0 Å². The Kier molecular flexibility index (Phi) is 2.97. The average molecular weight is 220 g/mol. The van der Waals surface area contributed by atoms with Crippen molar-refractivity contribution in [3.8, 4) is 6.07 Å². The molecule has 0 amide bonds. The lowest BCUT2D eigenvalue weighted by Crippen LogP contribution is -2.19. The highest BCUT2D eigenvalue weighted by atomic mass is 32.2. The number of nitrogens with zero attached hydrogens (tertiary/aromatic N) is 2. The van der Waals surface area contributed by atoms with E-state index < -0.39 is 0 Å². The molecule has 1 saturated heterocycles. The summed E-state index contributed by atoms with van der Waals surface area (Å²) in [6.45, 7) is 0. The zero-order valence-corrected chi connectivity index (χ0v) is 9.05. The molecule has 2 heterocycles. The first kappa shape index (κ1) is 10.1. The summed E-state index contributed by atoms with van der Waals surface area (Å²) in [5.74, 6) is 2.98. The van der Waals surface area contributed by atoms with E-state index in [1.165, 1.54) is 5.75 Å². The van der Waals surface area contributed by atoms with E-state index in [-0.39, 0.29) is 0 Å². The first-order chi connectivity index (χ1) is 7.29. The van der Waals surface area contributed by atoms with Crippen molar-refractivity contribution in [2.45, 2.75) is 12.5 Å². The molecular weight excluding hydrogens is 208 g/mol. The summed E-state index contributed by atoms with van der Waals surface area (Å²) in [5, 5.41) is 12.0. The maximum atomic E-state index is 8.67. The molecule has 3 N–H and O–H groups in total. The standard InChI is InChI=1S/C10H12N4S/c11-4-7-3-9(12)10(13-5-7)14-8-1-2-15-6-8/h3,5,8H,1-2,6,12H2,(H,13,14). The Morgan fingerprint density at radius 1 is 1.67 bits per heavy atom. The van der Waals surface area contributed by atoms with Gasteiger partial charge in [0, 0.05) is 18.0 Å². The largest absolute Gasteiger partial charge is 0.396 e. The normalized spacial score (nSPS) is 19.8. The van der Waals surface area contributed by atoms with Crippen molar-refractivity contribution < 1.29 is 0 Å². The van der Waals surface area contributed by atoms with Crippen LogP contribution in [0.2, 0.25) is 0 Å². The molecular formula is C10H12N4S. The Bertz CT molecular complexity index is 393. The topological polar surface area (TPSA) is 74.7 Å².